The second-order valence-corrected chi connectivity index (χ2v) is 6.34. The maximum absolute atomic E-state index is 13.1. The van der Waals surface area contributed by atoms with E-state index in [1.807, 2.05) is 0 Å². The van der Waals surface area contributed by atoms with E-state index in [0.29, 0.717) is 32.9 Å². The Morgan fingerprint density at radius 2 is 1.35 bits per heavy atom. The Morgan fingerprint density at radius 3 is 2.08 bits per heavy atom. The molecule has 0 unspecified atom stereocenters. The second kappa shape index (κ2) is 4.89. The minimum Gasteiger partial charge on any atom is -0.398 e. The summed E-state index contributed by atoms with van der Waals surface area (Å²) in [6.07, 6.45) is 0. The quantitative estimate of drug-likeness (QED) is 0.335. The highest BCUT2D eigenvalue weighted by molar-refractivity contribution is 6.33. The molecule has 1 heterocycles. The van der Waals surface area contributed by atoms with E-state index in [-0.39, 0.29) is 33.8 Å². The highest BCUT2D eigenvalue weighted by Gasteiger charge is 2.33. The Labute approximate surface area is 147 Å². The Kier molecular flexibility index (Phi) is 2.75. The molecular weight excluding hydrogens is 328 g/mol. The number of carbonyl (C=O) groups excluding carboxylic acids is 2. The van der Waals surface area contributed by atoms with E-state index in [1.165, 1.54) is 6.07 Å². The SMILES string of the molecule is Nc1cc2c(=O)c3ccccc3[nH]c2c2c1C(=O)c1ccccc1C2=O. The van der Waals surface area contributed by atoms with Gasteiger partial charge in [0.1, 0.15) is 0 Å². The highest BCUT2D eigenvalue weighted by Crippen LogP contribution is 2.35. The largest absolute Gasteiger partial charge is 0.398 e. The number of aromatic amines is 1. The molecule has 4 aromatic rings. The Balaban J connectivity index is 2.01. The maximum atomic E-state index is 13.1. The zero-order chi connectivity index (χ0) is 18.0. The summed E-state index contributed by atoms with van der Waals surface area (Å²) in [5.41, 5.74) is 7.97. The molecule has 5 rings (SSSR count). The Morgan fingerprint density at radius 1 is 0.731 bits per heavy atom. The number of hydrogen-bond donors (Lipinski definition) is 2. The van der Waals surface area contributed by atoms with Crippen LogP contribution < -0.4 is 11.2 Å². The van der Waals surface area contributed by atoms with E-state index in [0.717, 1.165) is 0 Å². The molecule has 1 aromatic heterocycles. The predicted molar refractivity (Wildman–Crippen MR) is 99.8 cm³/mol. The maximum Gasteiger partial charge on any atom is 0.197 e. The molecule has 5 nitrogen and oxygen atoms in total. The van der Waals surface area contributed by atoms with Crippen molar-refractivity contribution in [1.29, 1.82) is 0 Å². The van der Waals surface area contributed by atoms with Crippen molar-refractivity contribution in [3.8, 4) is 0 Å². The molecular formula is C21H12N2O3. The number of H-pyrrole nitrogens is 1. The lowest BCUT2D eigenvalue weighted by Crippen LogP contribution is -2.24. The third kappa shape index (κ3) is 1.71. The standard InChI is InChI=1S/C21H12N2O3/c22-14-9-13-18(23-15-8-4-3-7-12(15)19(13)24)17-16(14)20(25)10-5-1-2-6-11(10)21(17)26/h1-9H,22H2,(H,23,24). The molecule has 0 aliphatic heterocycles. The number of nitrogen functional groups attached to an aromatic ring is 1. The fraction of sp³-hybridized carbons (Fsp3) is 0. The molecule has 0 saturated heterocycles. The number of benzene rings is 3. The number of hydrogen-bond acceptors (Lipinski definition) is 4. The summed E-state index contributed by atoms with van der Waals surface area (Å²) in [6, 6.07) is 15.2. The van der Waals surface area contributed by atoms with Crippen LogP contribution in [-0.2, 0) is 0 Å². The van der Waals surface area contributed by atoms with Crippen LogP contribution in [0, 0.1) is 0 Å². The summed E-state index contributed by atoms with van der Waals surface area (Å²) in [4.78, 5) is 42.1. The van der Waals surface area contributed by atoms with Crippen LogP contribution in [0.1, 0.15) is 31.8 Å². The first-order chi connectivity index (χ1) is 12.6. The zero-order valence-corrected chi connectivity index (χ0v) is 13.5. The summed E-state index contributed by atoms with van der Waals surface area (Å²) >= 11 is 0. The van der Waals surface area contributed by atoms with Gasteiger partial charge in [0.25, 0.3) is 0 Å². The van der Waals surface area contributed by atoms with E-state index in [4.69, 9.17) is 5.73 Å². The molecule has 1 aliphatic carbocycles. The number of anilines is 1. The molecule has 0 amide bonds. The molecule has 0 spiro atoms. The normalized spacial score (nSPS) is 13.1. The average Bonchev–Trinajstić information content (AvgIpc) is 2.66. The van der Waals surface area contributed by atoms with Crippen LogP contribution in [0.5, 0.6) is 0 Å². The lowest BCUT2D eigenvalue weighted by molar-refractivity contribution is 0.0981. The number of carbonyl (C=O) groups is 2. The van der Waals surface area contributed by atoms with Gasteiger partial charge in [0.15, 0.2) is 17.0 Å². The van der Waals surface area contributed by atoms with E-state index < -0.39 is 0 Å². The summed E-state index contributed by atoms with van der Waals surface area (Å²) in [6.45, 7) is 0. The first kappa shape index (κ1) is 14.6. The van der Waals surface area contributed by atoms with Crippen LogP contribution in [0.15, 0.2) is 59.4 Å². The van der Waals surface area contributed by atoms with Gasteiger partial charge in [-0.1, -0.05) is 36.4 Å². The van der Waals surface area contributed by atoms with E-state index >= 15 is 0 Å². The average molecular weight is 340 g/mol. The van der Waals surface area contributed by atoms with E-state index in [2.05, 4.69) is 4.98 Å². The van der Waals surface area contributed by atoms with Crippen molar-refractivity contribution >= 4 is 39.1 Å². The number of ketones is 2. The molecule has 124 valence electrons. The third-order valence-electron chi connectivity index (χ3n) is 4.90. The van der Waals surface area contributed by atoms with Gasteiger partial charge in [0.05, 0.1) is 16.6 Å². The molecule has 1 aliphatic rings. The van der Waals surface area contributed by atoms with Crippen molar-refractivity contribution < 1.29 is 9.59 Å². The van der Waals surface area contributed by atoms with Gasteiger partial charge in [-0.05, 0) is 18.2 Å². The van der Waals surface area contributed by atoms with E-state index in [1.54, 1.807) is 48.5 Å². The Bertz CT molecular complexity index is 1350. The van der Waals surface area contributed by atoms with E-state index in [9.17, 15) is 14.4 Å². The summed E-state index contributed by atoms with van der Waals surface area (Å²) in [7, 11) is 0. The van der Waals surface area contributed by atoms with Gasteiger partial charge in [-0.2, -0.15) is 0 Å². The fourth-order valence-electron chi connectivity index (χ4n) is 3.70. The minimum absolute atomic E-state index is 0.140. The first-order valence-electron chi connectivity index (χ1n) is 8.13. The molecule has 3 N–H and O–H groups in total. The zero-order valence-electron chi connectivity index (χ0n) is 13.5. The van der Waals surface area contributed by atoms with Crippen molar-refractivity contribution in [3.05, 3.63) is 87.1 Å². The third-order valence-corrected chi connectivity index (χ3v) is 4.90. The lowest BCUT2D eigenvalue weighted by Gasteiger charge is -2.20. The van der Waals surface area contributed by atoms with Gasteiger partial charge in [0, 0.05) is 33.1 Å². The molecule has 0 saturated carbocycles. The number of nitrogens with one attached hydrogen (secondary N) is 1. The monoisotopic (exact) mass is 340 g/mol. The van der Waals surface area contributed by atoms with Gasteiger partial charge >= 0.3 is 0 Å². The van der Waals surface area contributed by atoms with Gasteiger partial charge in [0.2, 0.25) is 0 Å². The van der Waals surface area contributed by atoms with Crippen molar-refractivity contribution in [2.24, 2.45) is 0 Å². The van der Waals surface area contributed by atoms with Crippen molar-refractivity contribution in [3.63, 3.8) is 0 Å². The summed E-state index contributed by atoms with van der Waals surface area (Å²) < 4.78 is 0. The van der Waals surface area contributed by atoms with Crippen LogP contribution in [0.4, 0.5) is 5.69 Å². The molecule has 26 heavy (non-hydrogen) atoms. The van der Waals surface area contributed by atoms with Crippen molar-refractivity contribution in [2.75, 3.05) is 5.73 Å². The van der Waals surface area contributed by atoms with Crippen LogP contribution >= 0.6 is 0 Å². The van der Waals surface area contributed by atoms with Crippen LogP contribution in [-0.4, -0.2) is 16.6 Å². The number of aromatic nitrogens is 1. The summed E-state index contributed by atoms with van der Waals surface area (Å²) in [5, 5.41) is 0.815. The minimum atomic E-state index is -0.307. The second-order valence-electron chi connectivity index (χ2n) is 6.34. The lowest BCUT2D eigenvalue weighted by atomic mass is 9.82. The number of nitrogens with two attached hydrogens (primary N) is 1. The predicted octanol–water partition coefficient (Wildman–Crippen LogP) is 3.04. The topological polar surface area (TPSA) is 93.0 Å². The van der Waals surface area contributed by atoms with Crippen molar-refractivity contribution in [2.45, 2.75) is 0 Å². The van der Waals surface area contributed by atoms with Crippen LogP contribution in [0.25, 0.3) is 21.8 Å². The highest BCUT2D eigenvalue weighted by atomic mass is 16.1. The van der Waals surface area contributed by atoms with Crippen molar-refractivity contribution in [1.82, 2.24) is 4.98 Å². The number of fused-ring (bicyclic) bond motifs is 5. The summed E-state index contributed by atoms with van der Waals surface area (Å²) in [5.74, 6) is -0.609. The Hall–Kier alpha value is -3.73. The number of para-hydroxylation sites is 1. The van der Waals surface area contributed by atoms with Gasteiger partial charge in [-0.25, -0.2) is 0 Å². The molecule has 5 heteroatoms. The van der Waals surface area contributed by atoms with Gasteiger partial charge in [-0.3, -0.25) is 14.4 Å². The first-order valence-corrected chi connectivity index (χ1v) is 8.13. The molecule has 0 fully saturated rings. The van der Waals surface area contributed by atoms with Crippen LogP contribution in [0.2, 0.25) is 0 Å². The molecule has 3 aromatic carbocycles. The number of pyridine rings is 1. The fourth-order valence-corrected chi connectivity index (χ4v) is 3.70. The van der Waals surface area contributed by atoms with Crippen LogP contribution in [0.3, 0.4) is 0 Å². The number of rotatable bonds is 0. The molecule has 0 atom stereocenters. The molecule has 0 bridgehead atoms. The van der Waals surface area contributed by atoms with Gasteiger partial charge < -0.3 is 10.7 Å². The smallest absolute Gasteiger partial charge is 0.197 e. The van der Waals surface area contributed by atoms with Gasteiger partial charge in [-0.15, -0.1) is 0 Å². The molecule has 0 radical (unpaired) electrons.